The molecule has 0 atom stereocenters. The Balaban J connectivity index is 1.23. The van der Waals surface area contributed by atoms with Crippen molar-refractivity contribution in [1.82, 2.24) is 14.9 Å². The number of carbonyl (C=O) groups excluding carboxylic acids is 1. The lowest BCUT2D eigenvalue weighted by molar-refractivity contribution is 0.102. The van der Waals surface area contributed by atoms with Gasteiger partial charge in [-0.15, -0.1) is 11.3 Å². The molecule has 1 saturated heterocycles. The predicted molar refractivity (Wildman–Crippen MR) is 143 cm³/mol. The largest absolute Gasteiger partial charge is 0.331 e. The van der Waals surface area contributed by atoms with E-state index in [-0.39, 0.29) is 5.91 Å². The molecular weight excluding hydrogens is 454 g/mol. The van der Waals surface area contributed by atoms with Crippen LogP contribution in [0.4, 0.5) is 16.5 Å². The number of nitrogens with one attached hydrogen (secondary N) is 2. The lowest BCUT2D eigenvalue weighted by Gasteiger charge is -2.26. The lowest BCUT2D eigenvalue weighted by atomic mass is 10.1. The second-order valence-electron chi connectivity index (χ2n) is 8.92. The third-order valence-electron chi connectivity index (χ3n) is 6.27. The van der Waals surface area contributed by atoms with Gasteiger partial charge >= 0.3 is 0 Å². The van der Waals surface area contributed by atoms with E-state index in [9.17, 15) is 4.79 Å². The Morgan fingerprint density at radius 1 is 1.06 bits per heavy atom. The number of amides is 1. The molecule has 178 valence electrons. The zero-order valence-corrected chi connectivity index (χ0v) is 20.6. The number of aromatic nitrogens is 2. The molecule has 7 heteroatoms. The highest BCUT2D eigenvalue weighted by Gasteiger charge is 2.12. The summed E-state index contributed by atoms with van der Waals surface area (Å²) in [7, 11) is 0. The number of anilines is 3. The van der Waals surface area contributed by atoms with E-state index in [0.29, 0.717) is 5.56 Å². The Kier molecular flexibility index (Phi) is 7.16. The molecule has 35 heavy (non-hydrogen) atoms. The van der Waals surface area contributed by atoms with E-state index in [1.807, 2.05) is 54.8 Å². The number of nitrogens with zero attached hydrogens (tertiary/aromatic N) is 3. The molecule has 0 aliphatic carbocycles. The first-order valence-corrected chi connectivity index (χ1v) is 12.9. The Morgan fingerprint density at radius 3 is 2.66 bits per heavy atom. The van der Waals surface area contributed by atoms with Crippen molar-refractivity contribution in [1.29, 1.82) is 0 Å². The summed E-state index contributed by atoms with van der Waals surface area (Å²) in [5.41, 5.74) is 6.50. The summed E-state index contributed by atoms with van der Waals surface area (Å²) in [6, 6.07) is 17.7. The number of aryl methyl sites for hydroxylation is 1. The van der Waals surface area contributed by atoms with Gasteiger partial charge < -0.3 is 10.6 Å². The van der Waals surface area contributed by atoms with E-state index in [1.54, 1.807) is 12.4 Å². The summed E-state index contributed by atoms with van der Waals surface area (Å²) < 4.78 is 0. The summed E-state index contributed by atoms with van der Waals surface area (Å²) in [6.07, 6.45) is 7.45. The van der Waals surface area contributed by atoms with Crippen molar-refractivity contribution < 1.29 is 4.79 Å². The van der Waals surface area contributed by atoms with E-state index < -0.39 is 0 Å². The molecule has 0 bridgehead atoms. The fourth-order valence-corrected chi connectivity index (χ4v) is 5.00. The number of hydrogen-bond acceptors (Lipinski definition) is 6. The highest BCUT2D eigenvalue weighted by Crippen LogP contribution is 2.29. The number of likely N-dealkylation sites (tertiary alicyclic amines) is 1. The average molecular weight is 484 g/mol. The van der Waals surface area contributed by atoms with Gasteiger partial charge in [-0.05, 0) is 80.4 Å². The molecule has 2 N–H and O–H groups in total. The van der Waals surface area contributed by atoms with Gasteiger partial charge in [0.1, 0.15) is 0 Å². The Hall–Kier alpha value is -3.55. The van der Waals surface area contributed by atoms with E-state index in [0.717, 1.165) is 53.0 Å². The Bertz CT molecular complexity index is 1280. The molecular formula is C28H29N5OS. The van der Waals surface area contributed by atoms with Crippen LogP contribution in [0.15, 0.2) is 72.4 Å². The van der Waals surface area contributed by atoms with E-state index in [2.05, 4.69) is 37.6 Å². The third-order valence-corrected chi connectivity index (χ3v) is 7.03. The molecule has 5 rings (SSSR count). The molecule has 0 saturated carbocycles. The first-order valence-electron chi connectivity index (χ1n) is 12.0. The molecule has 4 aromatic rings. The highest BCUT2D eigenvalue weighted by molar-refractivity contribution is 7.14. The van der Waals surface area contributed by atoms with Crippen LogP contribution >= 0.6 is 11.3 Å². The average Bonchev–Trinajstić information content (AvgIpc) is 3.36. The molecule has 1 aliphatic heterocycles. The number of thiazole rings is 1. The van der Waals surface area contributed by atoms with Crippen molar-refractivity contribution in [3.63, 3.8) is 0 Å². The van der Waals surface area contributed by atoms with Gasteiger partial charge in [0.25, 0.3) is 5.91 Å². The predicted octanol–water partition coefficient (Wildman–Crippen LogP) is 6.50. The fourth-order valence-electron chi connectivity index (χ4n) is 4.27. The zero-order valence-electron chi connectivity index (χ0n) is 19.8. The van der Waals surface area contributed by atoms with Crippen LogP contribution in [-0.4, -0.2) is 33.9 Å². The molecule has 2 aromatic carbocycles. The molecule has 2 aromatic heterocycles. The van der Waals surface area contributed by atoms with Gasteiger partial charge in [0.2, 0.25) is 0 Å². The molecule has 0 radical (unpaired) electrons. The van der Waals surface area contributed by atoms with Crippen LogP contribution in [0, 0.1) is 6.92 Å². The molecule has 0 unspecified atom stereocenters. The fraction of sp³-hybridized carbons (Fsp3) is 0.250. The monoisotopic (exact) mass is 483 g/mol. The van der Waals surface area contributed by atoms with Crippen LogP contribution in [0.5, 0.6) is 0 Å². The maximum absolute atomic E-state index is 12.9. The minimum absolute atomic E-state index is 0.113. The number of carbonyl (C=O) groups is 1. The van der Waals surface area contributed by atoms with Crippen molar-refractivity contribution in [2.45, 2.75) is 32.7 Å². The van der Waals surface area contributed by atoms with Crippen LogP contribution in [0.3, 0.4) is 0 Å². The first-order chi connectivity index (χ1) is 17.1. The van der Waals surface area contributed by atoms with Crippen LogP contribution < -0.4 is 10.6 Å². The number of rotatable bonds is 7. The third kappa shape index (κ3) is 5.93. The maximum Gasteiger partial charge on any atom is 0.255 e. The van der Waals surface area contributed by atoms with Gasteiger partial charge in [-0.2, -0.15) is 0 Å². The number of pyridine rings is 1. The second-order valence-corrected chi connectivity index (χ2v) is 9.78. The smallest absolute Gasteiger partial charge is 0.255 e. The summed E-state index contributed by atoms with van der Waals surface area (Å²) in [6.45, 7) is 5.31. The van der Waals surface area contributed by atoms with Crippen LogP contribution in [0.25, 0.3) is 11.3 Å². The van der Waals surface area contributed by atoms with Gasteiger partial charge in [-0.1, -0.05) is 24.6 Å². The maximum atomic E-state index is 12.9. The van der Waals surface area contributed by atoms with E-state index >= 15 is 0 Å². The molecule has 1 amide bonds. The molecule has 1 fully saturated rings. The first kappa shape index (κ1) is 23.2. The van der Waals surface area contributed by atoms with Crippen LogP contribution in [0.2, 0.25) is 0 Å². The highest BCUT2D eigenvalue weighted by atomic mass is 32.1. The minimum Gasteiger partial charge on any atom is -0.331 e. The molecule has 0 spiro atoms. The summed E-state index contributed by atoms with van der Waals surface area (Å²) in [5, 5.41) is 9.22. The Morgan fingerprint density at radius 2 is 1.89 bits per heavy atom. The summed E-state index contributed by atoms with van der Waals surface area (Å²) >= 11 is 1.54. The summed E-state index contributed by atoms with van der Waals surface area (Å²) in [5.74, 6) is -0.113. The van der Waals surface area contributed by atoms with Crippen molar-refractivity contribution in [3.8, 4) is 11.3 Å². The van der Waals surface area contributed by atoms with Gasteiger partial charge in [-0.3, -0.25) is 14.7 Å². The van der Waals surface area contributed by atoms with Crippen molar-refractivity contribution >= 4 is 33.8 Å². The number of benzene rings is 2. The summed E-state index contributed by atoms with van der Waals surface area (Å²) in [4.78, 5) is 24.2. The SMILES string of the molecule is Cc1ccc(NC(=O)c2ccc(CN3CCCCC3)cc2)cc1Nc1nc(-c2cccnc2)cs1. The minimum atomic E-state index is -0.113. The lowest BCUT2D eigenvalue weighted by Crippen LogP contribution is -2.29. The van der Waals surface area contributed by atoms with Crippen LogP contribution in [-0.2, 0) is 6.54 Å². The van der Waals surface area contributed by atoms with Crippen molar-refractivity contribution in [3.05, 3.63) is 89.1 Å². The van der Waals surface area contributed by atoms with Gasteiger partial charge in [-0.25, -0.2) is 4.98 Å². The van der Waals surface area contributed by atoms with E-state index in [4.69, 9.17) is 0 Å². The standard InChI is InChI=1S/C28H29N5OS/c1-20-7-12-24(16-25(20)31-28-32-26(19-35-28)23-6-5-13-29-17-23)30-27(34)22-10-8-21(9-11-22)18-33-14-3-2-4-15-33/h5-13,16-17,19H,2-4,14-15,18H2,1H3,(H,30,34)(H,31,32). The van der Waals surface area contributed by atoms with Gasteiger partial charge in [0, 0.05) is 46.8 Å². The quantitative estimate of drug-likeness (QED) is 0.314. The normalized spacial score (nSPS) is 14.0. The van der Waals surface area contributed by atoms with Gasteiger partial charge in [0.15, 0.2) is 5.13 Å². The zero-order chi connectivity index (χ0) is 24.0. The van der Waals surface area contributed by atoms with Crippen molar-refractivity contribution in [2.75, 3.05) is 23.7 Å². The molecule has 6 nitrogen and oxygen atoms in total. The van der Waals surface area contributed by atoms with E-state index in [1.165, 1.54) is 36.2 Å². The Labute approximate surface area is 210 Å². The number of hydrogen-bond donors (Lipinski definition) is 2. The molecule has 1 aliphatic rings. The second kappa shape index (κ2) is 10.8. The van der Waals surface area contributed by atoms with Crippen LogP contribution in [0.1, 0.15) is 40.7 Å². The topological polar surface area (TPSA) is 70.2 Å². The molecule has 3 heterocycles. The number of piperidine rings is 1. The van der Waals surface area contributed by atoms with Gasteiger partial charge in [0.05, 0.1) is 5.69 Å². The van der Waals surface area contributed by atoms with Crippen molar-refractivity contribution in [2.24, 2.45) is 0 Å².